The second kappa shape index (κ2) is 16.5. The van der Waals surface area contributed by atoms with Crippen molar-refractivity contribution in [2.75, 3.05) is 6.61 Å². The predicted molar refractivity (Wildman–Crippen MR) is 222 cm³/mol. The molecule has 2 heterocycles. The van der Waals surface area contributed by atoms with Crippen molar-refractivity contribution < 1.29 is 23.1 Å². The van der Waals surface area contributed by atoms with E-state index in [0.29, 0.717) is 25.9 Å². The van der Waals surface area contributed by atoms with Gasteiger partial charge in [-0.25, -0.2) is 0 Å². The molecule has 0 aromatic heterocycles. The zero-order chi connectivity index (χ0) is 38.6. The van der Waals surface area contributed by atoms with Gasteiger partial charge in [-0.3, -0.25) is 4.79 Å². The van der Waals surface area contributed by atoms with Gasteiger partial charge in [0.25, 0.3) is 8.32 Å². The zero-order valence-corrected chi connectivity index (χ0v) is 35.9. The highest BCUT2D eigenvalue weighted by molar-refractivity contribution is 6.99. The van der Waals surface area contributed by atoms with Gasteiger partial charge < -0.3 is 18.3 Å². The molecule has 54 heavy (non-hydrogen) atoms. The molecule has 2 fully saturated rings. The highest BCUT2D eigenvalue weighted by atomic mass is 28.4. The van der Waals surface area contributed by atoms with Crippen molar-refractivity contribution >= 4 is 33.0 Å². The summed E-state index contributed by atoms with van der Waals surface area (Å²) in [5, 5.41) is 12.6. The maximum absolute atomic E-state index is 14.7. The fraction of sp³-hybridized carbons (Fsp3) is 0.565. The summed E-state index contributed by atoms with van der Waals surface area (Å²) in [5.74, 6) is -0.636. The molecule has 4 aliphatic rings. The van der Waals surface area contributed by atoms with Gasteiger partial charge in [-0.15, -0.1) is 0 Å². The van der Waals surface area contributed by atoms with E-state index in [9.17, 15) is 10.1 Å². The van der Waals surface area contributed by atoms with E-state index in [2.05, 4.69) is 140 Å². The summed E-state index contributed by atoms with van der Waals surface area (Å²) in [6, 6.07) is 26.9. The summed E-state index contributed by atoms with van der Waals surface area (Å²) in [7, 11) is -4.98. The highest BCUT2D eigenvalue weighted by Crippen LogP contribution is 2.66. The standard InChI is InChI=1S/C46H63NO5Si2/c1-8-12-13-14-15-18-23-35-32-41-45(30-31-49-54(44(5,6)7,37-24-19-16-20-25-37)38-26-21-17-22-27-38)29-28-40(52-53(9-2,10-3)11-4)42-39(35)33-36(34-47)50-46(41,42)51-43(45)48/h8,12,16-17,19-22,24-28,32,35-36,39,42H,9-11,13-15,18,23,29-31,33H2,1-7H3/b12-8+/t35?,36-,39?,42?,45?,46?/m0/s1. The molecule has 2 aliphatic carbocycles. The molecule has 6 atom stereocenters. The number of nitriles is 1. The fourth-order valence-corrected chi connectivity index (χ4v) is 17.4. The van der Waals surface area contributed by atoms with Gasteiger partial charge in [0.05, 0.1) is 17.7 Å². The van der Waals surface area contributed by atoms with Crippen LogP contribution >= 0.6 is 0 Å². The molecule has 2 aromatic rings. The normalized spacial score (nSPS) is 27.9. The van der Waals surface area contributed by atoms with Crippen molar-refractivity contribution in [3.63, 3.8) is 0 Å². The van der Waals surface area contributed by atoms with Crippen molar-refractivity contribution in [3.05, 3.63) is 96.3 Å². The van der Waals surface area contributed by atoms with Gasteiger partial charge in [0.2, 0.25) is 14.1 Å². The smallest absolute Gasteiger partial charge is 0.319 e. The molecule has 2 saturated heterocycles. The number of unbranched alkanes of at least 4 members (excludes halogenated alkanes) is 3. The minimum absolute atomic E-state index is 0.0845. The van der Waals surface area contributed by atoms with Crippen molar-refractivity contribution in [2.24, 2.45) is 23.2 Å². The number of hydrogen-bond donors (Lipinski definition) is 0. The number of hydrogen-bond acceptors (Lipinski definition) is 6. The first-order valence-electron chi connectivity index (χ1n) is 20.8. The Balaban J connectivity index is 1.44. The van der Waals surface area contributed by atoms with Crippen molar-refractivity contribution in [1.82, 2.24) is 0 Å². The minimum Gasteiger partial charge on any atom is -0.546 e. The van der Waals surface area contributed by atoms with Crippen molar-refractivity contribution in [3.8, 4) is 6.07 Å². The van der Waals surface area contributed by atoms with Gasteiger partial charge in [0, 0.05) is 12.2 Å². The largest absolute Gasteiger partial charge is 0.546 e. The number of rotatable bonds is 17. The maximum atomic E-state index is 14.7. The third kappa shape index (κ3) is 7.04. The molecular formula is C46H63NO5Si2. The molecule has 0 N–H and O–H groups in total. The molecule has 5 unspecified atom stereocenters. The van der Waals surface area contributed by atoms with E-state index in [1.165, 1.54) is 10.4 Å². The average Bonchev–Trinajstić information content (AvgIpc) is 3.36. The van der Waals surface area contributed by atoms with E-state index in [0.717, 1.165) is 61.6 Å². The minimum atomic E-state index is -2.87. The Bertz CT molecular complexity index is 1690. The van der Waals surface area contributed by atoms with E-state index >= 15 is 0 Å². The highest BCUT2D eigenvalue weighted by Gasteiger charge is 2.72. The average molecular weight is 766 g/mol. The molecule has 0 amide bonds. The van der Waals surface area contributed by atoms with E-state index in [4.69, 9.17) is 18.3 Å². The molecule has 6 rings (SSSR count). The number of carbonyl (C=O) groups excluding carboxylic acids is 1. The first-order valence-corrected chi connectivity index (χ1v) is 25.2. The Labute approximate surface area is 327 Å². The van der Waals surface area contributed by atoms with Crippen LogP contribution in [-0.4, -0.2) is 41.1 Å². The van der Waals surface area contributed by atoms with Crippen LogP contribution in [0.1, 0.15) is 99.8 Å². The van der Waals surface area contributed by atoms with Gasteiger partial charge in [-0.05, 0) is 96.9 Å². The van der Waals surface area contributed by atoms with E-state index < -0.39 is 33.9 Å². The molecule has 6 nitrogen and oxygen atoms in total. The summed E-state index contributed by atoms with van der Waals surface area (Å²) < 4.78 is 28.3. The van der Waals surface area contributed by atoms with Crippen LogP contribution in [0.15, 0.2) is 96.3 Å². The first-order chi connectivity index (χ1) is 26.0. The van der Waals surface area contributed by atoms with E-state index in [-0.39, 0.29) is 28.8 Å². The van der Waals surface area contributed by atoms with Crippen LogP contribution < -0.4 is 10.4 Å². The van der Waals surface area contributed by atoms with Gasteiger partial charge >= 0.3 is 5.97 Å². The Morgan fingerprint density at radius 1 is 0.963 bits per heavy atom. The van der Waals surface area contributed by atoms with Crippen molar-refractivity contribution in [2.45, 2.75) is 135 Å². The summed E-state index contributed by atoms with van der Waals surface area (Å²) in [4.78, 5) is 14.7. The van der Waals surface area contributed by atoms with Crippen LogP contribution in [0.3, 0.4) is 0 Å². The molecule has 8 heteroatoms. The molecule has 0 saturated carbocycles. The van der Waals surface area contributed by atoms with E-state index in [1.807, 2.05) is 0 Å². The number of carbonyl (C=O) groups is 1. The van der Waals surface area contributed by atoms with Gasteiger partial charge in [-0.1, -0.05) is 133 Å². The predicted octanol–water partition coefficient (Wildman–Crippen LogP) is 10.1. The van der Waals surface area contributed by atoms with Gasteiger partial charge in [-0.2, -0.15) is 5.26 Å². The molecular weight excluding hydrogens is 703 g/mol. The summed E-state index contributed by atoms with van der Waals surface area (Å²) >= 11 is 0. The fourth-order valence-electron chi connectivity index (χ4n) is 10.2. The molecule has 1 spiro atoms. The number of esters is 1. The molecule has 0 radical (unpaired) electrons. The topological polar surface area (TPSA) is 77.8 Å². The molecule has 2 aliphatic heterocycles. The van der Waals surface area contributed by atoms with Gasteiger partial charge in [0.1, 0.15) is 11.5 Å². The zero-order valence-electron chi connectivity index (χ0n) is 33.9. The Morgan fingerprint density at radius 3 is 2.19 bits per heavy atom. The van der Waals surface area contributed by atoms with Crippen LogP contribution in [0.2, 0.25) is 23.2 Å². The summed E-state index contributed by atoms with van der Waals surface area (Å²) in [5.41, 5.74) is -0.0615. The quantitative estimate of drug-likeness (QED) is 0.0691. The molecule has 290 valence electrons. The van der Waals surface area contributed by atoms with Crippen LogP contribution in [0, 0.1) is 34.5 Å². The lowest BCUT2D eigenvalue weighted by Gasteiger charge is -2.52. The molecule has 5 bridgehead atoms. The number of benzene rings is 2. The Kier molecular flexibility index (Phi) is 12.3. The van der Waals surface area contributed by atoms with Crippen LogP contribution in [0.4, 0.5) is 0 Å². The number of allylic oxidation sites excluding steroid dienone is 4. The monoisotopic (exact) mass is 765 g/mol. The summed E-state index contributed by atoms with van der Waals surface area (Å²) in [6.07, 6.45) is 15.4. The lowest BCUT2D eigenvalue weighted by atomic mass is 9.61. The van der Waals surface area contributed by atoms with Crippen LogP contribution in [0.25, 0.3) is 0 Å². The SMILES string of the molecule is C/C=C/CCCCCC1C=C2C3(CCO[Si](c4ccccc4)(c4ccccc4)C(C)(C)C)CC=C(O[Si](CC)(CC)CC)C4C1C[C@@H](C#N)OC24OC3=O. The lowest BCUT2D eigenvalue weighted by Crippen LogP contribution is -2.66. The number of ether oxygens (including phenoxy) is 2. The van der Waals surface area contributed by atoms with Crippen molar-refractivity contribution in [1.29, 1.82) is 5.26 Å². The van der Waals surface area contributed by atoms with E-state index in [1.54, 1.807) is 0 Å². The Hall–Kier alpha value is -3.23. The molecule has 2 aromatic carbocycles. The first kappa shape index (κ1) is 40.4. The van der Waals surface area contributed by atoms with Crippen LogP contribution in [-0.2, 0) is 23.1 Å². The second-order valence-corrected chi connectivity index (χ2v) is 26.1. The summed E-state index contributed by atoms with van der Waals surface area (Å²) in [6.45, 7) is 16.1. The lowest BCUT2D eigenvalue weighted by molar-refractivity contribution is -0.267. The van der Waals surface area contributed by atoms with Crippen LogP contribution in [0.5, 0.6) is 0 Å². The third-order valence-corrected chi connectivity index (χ3v) is 23.0. The van der Waals surface area contributed by atoms with Gasteiger partial charge in [0.15, 0.2) is 0 Å². The Morgan fingerprint density at radius 2 is 1.61 bits per heavy atom. The third-order valence-electron chi connectivity index (χ3n) is 13.4. The maximum Gasteiger partial charge on any atom is 0.319 e. The number of nitrogens with zero attached hydrogens (tertiary/aromatic N) is 1. The second-order valence-electron chi connectivity index (χ2n) is 17.1.